The Labute approximate surface area is 138 Å². The quantitative estimate of drug-likeness (QED) is 0.393. The first-order chi connectivity index (χ1) is 9.79. The summed E-state index contributed by atoms with van der Waals surface area (Å²) in [7, 11) is 0. The fourth-order valence-electron chi connectivity index (χ4n) is 3.13. The molecule has 0 saturated carbocycles. The lowest BCUT2D eigenvalue weighted by Gasteiger charge is -2.02. The second-order valence-electron chi connectivity index (χ2n) is 6.23. The number of nitrogens with zero attached hydrogens (tertiary/aromatic N) is 1. The third kappa shape index (κ3) is 8.63. The Bertz CT molecular complexity index is 300. The molecule has 1 heterocycles. The van der Waals surface area contributed by atoms with Crippen molar-refractivity contribution >= 4 is 5.84 Å². The molecule has 0 bridgehead atoms. The third-order valence-electron chi connectivity index (χ3n) is 4.62. The molecule has 0 aliphatic carbocycles. The molecule has 0 fully saturated rings. The Hall–Kier alpha value is -0.340. The van der Waals surface area contributed by atoms with Crippen LogP contribution in [0.1, 0.15) is 78.1 Å². The molecule has 0 saturated heterocycles. The lowest BCUT2D eigenvalue weighted by atomic mass is 10.1. The highest BCUT2D eigenvalue weighted by molar-refractivity contribution is 5.65. The van der Waals surface area contributed by atoms with Gasteiger partial charge < -0.3 is 12.4 Å². The zero-order valence-electron chi connectivity index (χ0n) is 14.3. The van der Waals surface area contributed by atoms with Crippen LogP contribution in [0.15, 0.2) is 12.8 Å². The number of rotatable bonds is 12. The summed E-state index contributed by atoms with van der Waals surface area (Å²) in [5.41, 5.74) is 0. The van der Waals surface area contributed by atoms with E-state index < -0.39 is 0 Å². The lowest BCUT2D eigenvalue weighted by molar-refractivity contribution is -0.742. The van der Waals surface area contributed by atoms with Crippen LogP contribution in [0.25, 0.3) is 0 Å². The number of hydrogen-bond acceptors (Lipinski definition) is 0. The van der Waals surface area contributed by atoms with Crippen molar-refractivity contribution in [3.8, 4) is 0 Å². The Kier molecular flexibility index (Phi) is 13.1. The second-order valence-corrected chi connectivity index (χ2v) is 6.23. The van der Waals surface area contributed by atoms with Gasteiger partial charge in [-0.1, -0.05) is 58.3 Å². The van der Waals surface area contributed by atoms with Gasteiger partial charge >= 0.3 is 5.84 Å². The van der Waals surface area contributed by atoms with Crippen LogP contribution in [0.4, 0.5) is 0 Å². The van der Waals surface area contributed by atoms with Crippen LogP contribution in [0, 0.1) is 0 Å². The van der Waals surface area contributed by atoms with Crippen molar-refractivity contribution in [2.45, 2.75) is 78.1 Å². The van der Waals surface area contributed by atoms with Gasteiger partial charge in [-0.3, -0.25) is 0 Å². The molecule has 1 rings (SSSR count). The van der Waals surface area contributed by atoms with Gasteiger partial charge in [0.1, 0.15) is 13.1 Å². The predicted molar refractivity (Wildman–Crippen MR) is 88.5 cm³/mol. The summed E-state index contributed by atoms with van der Waals surface area (Å²) in [5, 5.41) is 0. The molecule has 0 amide bonds. The van der Waals surface area contributed by atoms with Crippen molar-refractivity contribution in [1.82, 2.24) is 0 Å². The van der Waals surface area contributed by atoms with Crippen LogP contribution >= 0.6 is 0 Å². The van der Waals surface area contributed by atoms with E-state index >= 15 is 0 Å². The summed E-state index contributed by atoms with van der Waals surface area (Å²) in [6.07, 6.45) is 16.3. The van der Waals surface area contributed by atoms with Crippen LogP contribution in [0.3, 0.4) is 0 Å². The molecule has 1 aliphatic rings. The van der Waals surface area contributed by atoms with Crippen molar-refractivity contribution in [2.24, 2.45) is 0 Å². The molecule has 1 aliphatic heterocycles. The molecule has 1 unspecified atom stereocenters. The first kappa shape index (κ1) is 20.7. The average molecular weight is 316 g/mol. The van der Waals surface area contributed by atoms with Gasteiger partial charge in [-0.25, -0.2) is 4.90 Å². The van der Waals surface area contributed by atoms with Crippen LogP contribution < -0.4 is 17.3 Å². The van der Waals surface area contributed by atoms with Crippen molar-refractivity contribution in [2.75, 3.05) is 19.6 Å². The monoisotopic (exact) mass is 315 g/mol. The highest BCUT2D eigenvalue weighted by Crippen LogP contribution is 2.10. The fourth-order valence-corrected chi connectivity index (χ4v) is 3.13. The standard InChI is InChI=1S/C18H35N2.ClH/c1-4-6-7-8-9-10-11-12-13-14-15-20-17-16-19(5-2)18(20)3;/h5H,2,4,6-17H2,1,3H3;1H/q+1;. The van der Waals surface area contributed by atoms with Crippen LogP contribution in [0.5, 0.6) is 0 Å². The summed E-state index contributed by atoms with van der Waals surface area (Å²) in [4.78, 5) is 1.46. The Morgan fingerprint density at radius 3 is 2.00 bits per heavy atom. The van der Waals surface area contributed by atoms with Gasteiger partial charge in [0.2, 0.25) is 0 Å². The largest absolute Gasteiger partial charge is 1.00 e. The summed E-state index contributed by atoms with van der Waals surface area (Å²) in [6, 6.07) is 0. The van der Waals surface area contributed by atoms with Crippen LogP contribution in [-0.2, 0) is 0 Å². The van der Waals surface area contributed by atoms with Crippen LogP contribution in [0.2, 0.25) is 0 Å². The minimum absolute atomic E-state index is 0. The van der Waals surface area contributed by atoms with E-state index in [9.17, 15) is 0 Å². The van der Waals surface area contributed by atoms with E-state index in [2.05, 4.69) is 25.0 Å². The zero-order valence-corrected chi connectivity index (χ0v) is 15.1. The maximum absolute atomic E-state index is 3.90. The summed E-state index contributed by atoms with van der Waals surface area (Å²) < 4.78 is 2.54. The summed E-state index contributed by atoms with van der Waals surface area (Å²) in [6.45, 7) is 12.1. The first-order valence-electron chi connectivity index (χ1n) is 8.86. The minimum Gasteiger partial charge on any atom is -1.00 e. The summed E-state index contributed by atoms with van der Waals surface area (Å²) in [5.74, 6) is 1.47. The smallest absolute Gasteiger partial charge is 0.338 e. The lowest BCUT2D eigenvalue weighted by Crippen LogP contribution is -3.08. The second kappa shape index (κ2) is 13.3. The molecule has 1 N–H and O–H groups in total. The van der Waals surface area contributed by atoms with Crippen molar-refractivity contribution in [3.05, 3.63) is 12.8 Å². The van der Waals surface area contributed by atoms with Crippen molar-refractivity contribution in [3.63, 3.8) is 0 Å². The molecular weight excluding hydrogens is 280 g/mol. The Morgan fingerprint density at radius 2 is 1.52 bits per heavy atom. The summed E-state index contributed by atoms with van der Waals surface area (Å²) >= 11 is 0. The third-order valence-corrected chi connectivity index (χ3v) is 4.62. The zero-order chi connectivity index (χ0) is 14.6. The number of unbranched alkanes of at least 4 members (excludes halogenated alkanes) is 9. The number of nitrogens with one attached hydrogen (secondary N) is 1. The predicted octanol–water partition coefficient (Wildman–Crippen LogP) is 0.384. The number of quaternary nitrogens is 1. The van der Waals surface area contributed by atoms with E-state index in [4.69, 9.17) is 0 Å². The molecule has 124 valence electrons. The van der Waals surface area contributed by atoms with Gasteiger partial charge in [-0.05, 0) is 13.0 Å². The Balaban J connectivity index is 0.00000400. The molecule has 0 aromatic heterocycles. The number of halogens is 1. The molecule has 3 heteroatoms. The van der Waals surface area contributed by atoms with Crippen molar-refractivity contribution < 1.29 is 21.9 Å². The van der Waals surface area contributed by atoms with E-state index in [1.165, 1.54) is 94.6 Å². The normalized spacial score (nSPS) is 17.9. The van der Waals surface area contributed by atoms with E-state index in [1.54, 1.807) is 0 Å². The van der Waals surface area contributed by atoms with Gasteiger partial charge in [-0.2, -0.15) is 4.58 Å². The van der Waals surface area contributed by atoms with E-state index in [1.807, 2.05) is 6.20 Å². The minimum atomic E-state index is 0. The maximum atomic E-state index is 3.90. The van der Waals surface area contributed by atoms with Gasteiger partial charge in [-0.15, -0.1) is 0 Å². The van der Waals surface area contributed by atoms with Gasteiger partial charge in [0, 0.05) is 6.42 Å². The molecule has 0 aromatic carbocycles. The topological polar surface area (TPSA) is 7.45 Å². The molecule has 0 spiro atoms. The van der Waals surface area contributed by atoms with Crippen LogP contribution in [-0.4, -0.2) is 30.0 Å². The molecular formula is C18H36ClN2+. The highest BCUT2D eigenvalue weighted by atomic mass is 35.5. The number of amidine groups is 1. The van der Waals surface area contributed by atoms with Crippen molar-refractivity contribution in [1.29, 1.82) is 0 Å². The molecule has 2 nitrogen and oxygen atoms in total. The molecule has 0 aromatic rings. The maximum Gasteiger partial charge on any atom is 0.338 e. The van der Waals surface area contributed by atoms with E-state index in [0.717, 1.165) is 0 Å². The molecule has 0 radical (unpaired) electrons. The average Bonchev–Trinajstić information content (AvgIpc) is 2.81. The van der Waals surface area contributed by atoms with Gasteiger partial charge in [0.05, 0.1) is 13.1 Å². The SMILES string of the molecule is C=C[NH+]1CC[N+](CCCCCCCCCCCC)=C1C.[Cl-]. The molecule has 1 atom stereocenters. The Morgan fingerprint density at radius 1 is 1.00 bits per heavy atom. The van der Waals surface area contributed by atoms with Gasteiger partial charge in [0.25, 0.3) is 0 Å². The molecule has 21 heavy (non-hydrogen) atoms. The van der Waals surface area contributed by atoms with Gasteiger partial charge in [0.15, 0.2) is 6.54 Å². The van der Waals surface area contributed by atoms with E-state index in [0.29, 0.717) is 0 Å². The highest BCUT2D eigenvalue weighted by Gasteiger charge is 2.28. The number of hydrogen-bond donors (Lipinski definition) is 1. The first-order valence-corrected chi connectivity index (χ1v) is 8.86. The fraction of sp³-hybridized carbons (Fsp3) is 0.833. The van der Waals surface area contributed by atoms with E-state index in [-0.39, 0.29) is 12.4 Å².